The molecule has 3 fully saturated rings. The molecule has 30 heavy (non-hydrogen) atoms. The van der Waals surface area contributed by atoms with Crippen LogP contribution in [0.15, 0.2) is 4.99 Å². The standard InChI is InChI=1S/C23H45N5O2/c1-3-24-22(25-12-8-17-29-19-21-9-7-18-30-21)26-20-23(10-15-27(2)16-11-23)28-13-5-4-6-14-28/h21H,3-20H2,1-2H3,(H2,24,25,26). The van der Waals surface area contributed by atoms with Crippen LogP contribution in [0.2, 0.25) is 0 Å². The SMILES string of the molecule is CCNC(=NCC1(N2CCCCC2)CCN(C)CC1)NCCCOCC1CCCO1. The lowest BCUT2D eigenvalue weighted by Gasteiger charge is -2.49. The minimum Gasteiger partial charge on any atom is -0.379 e. The average Bonchev–Trinajstić information content (AvgIpc) is 3.30. The molecule has 3 aliphatic heterocycles. The van der Waals surface area contributed by atoms with E-state index in [1.807, 2.05) is 0 Å². The molecule has 0 bridgehead atoms. The van der Waals surface area contributed by atoms with Crippen molar-refractivity contribution in [3.63, 3.8) is 0 Å². The number of likely N-dealkylation sites (tertiary alicyclic amines) is 2. The van der Waals surface area contributed by atoms with Crippen LogP contribution in [-0.4, -0.2) is 100 Å². The van der Waals surface area contributed by atoms with Crippen molar-refractivity contribution in [2.45, 2.75) is 69.9 Å². The molecule has 7 nitrogen and oxygen atoms in total. The van der Waals surface area contributed by atoms with E-state index in [1.165, 1.54) is 64.7 Å². The van der Waals surface area contributed by atoms with Gasteiger partial charge in [0.1, 0.15) is 0 Å². The van der Waals surface area contributed by atoms with E-state index in [0.29, 0.717) is 6.10 Å². The summed E-state index contributed by atoms with van der Waals surface area (Å²) < 4.78 is 11.4. The van der Waals surface area contributed by atoms with Gasteiger partial charge in [-0.3, -0.25) is 9.89 Å². The van der Waals surface area contributed by atoms with Gasteiger partial charge in [0.25, 0.3) is 0 Å². The molecule has 0 aromatic rings. The molecule has 174 valence electrons. The van der Waals surface area contributed by atoms with Crippen LogP contribution >= 0.6 is 0 Å². The maximum atomic E-state index is 5.78. The van der Waals surface area contributed by atoms with Gasteiger partial charge in [-0.25, -0.2) is 0 Å². The molecule has 3 aliphatic rings. The number of aliphatic imine (C=N–C) groups is 1. The fourth-order valence-electron chi connectivity index (χ4n) is 4.92. The van der Waals surface area contributed by atoms with Crippen LogP contribution in [0, 0.1) is 0 Å². The monoisotopic (exact) mass is 423 g/mol. The second-order valence-electron chi connectivity index (χ2n) is 9.26. The predicted molar refractivity (Wildman–Crippen MR) is 123 cm³/mol. The largest absolute Gasteiger partial charge is 0.379 e. The summed E-state index contributed by atoms with van der Waals surface area (Å²) in [5.41, 5.74) is 0.236. The van der Waals surface area contributed by atoms with Gasteiger partial charge in [-0.05, 0) is 85.1 Å². The third-order valence-electron chi connectivity index (χ3n) is 6.91. The van der Waals surface area contributed by atoms with Crippen molar-refractivity contribution in [1.82, 2.24) is 20.4 Å². The minimum atomic E-state index is 0.236. The Bertz CT molecular complexity index is 496. The van der Waals surface area contributed by atoms with Crippen molar-refractivity contribution in [2.75, 3.05) is 72.7 Å². The third-order valence-corrected chi connectivity index (χ3v) is 6.91. The summed E-state index contributed by atoms with van der Waals surface area (Å²) in [4.78, 5) is 10.3. The van der Waals surface area contributed by atoms with E-state index in [4.69, 9.17) is 14.5 Å². The summed E-state index contributed by atoms with van der Waals surface area (Å²) >= 11 is 0. The Balaban J connectivity index is 1.45. The summed E-state index contributed by atoms with van der Waals surface area (Å²) in [5, 5.41) is 6.95. The Morgan fingerprint density at radius 1 is 1.10 bits per heavy atom. The number of rotatable bonds is 10. The van der Waals surface area contributed by atoms with Gasteiger partial charge in [0.15, 0.2) is 5.96 Å². The zero-order chi connectivity index (χ0) is 21.1. The van der Waals surface area contributed by atoms with Gasteiger partial charge in [0.05, 0.1) is 19.3 Å². The topological polar surface area (TPSA) is 61.4 Å². The van der Waals surface area contributed by atoms with Crippen LogP contribution in [0.4, 0.5) is 0 Å². The summed E-state index contributed by atoms with van der Waals surface area (Å²) in [7, 11) is 2.25. The predicted octanol–water partition coefficient (Wildman–Crippen LogP) is 2.08. The lowest BCUT2D eigenvalue weighted by atomic mass is 9.84. The Morgan fingerprint density at radius 3 is 2.60 bits per heavy atom. The quantitative estimate of drug-likeness (QED) is 0.319. The first-order valence-electron chi connectivity index (χ1n) is 12.4. The first kappa shape index (κ1) is 23.8. The van der Waals surface area contributed by atoms with Crippen LogP contribution in [0.5, 0.6) is 0 Å². The smallest absolute Gasteiger partial charge is 0.191 e. The van der Waals surface area contributed by atoms with E-state index in [2.05, 4.69) is 34.4 Å². The van der Waals surface area contributed by atoms with Gasteiger partial charge in [0, 0.05) is 31.8 Å². The Hall–Kier alpha value is -0.890. The second-order valence-corrected chi connectivity index (χ2v) is 9.26. The Kier molecular flexibility index (Phi) is 10.2. The first-order chi connectivity index (χ1) is 14.7. The molecule has 0 aliphatic carbocycles. The molecule has 3 rings (SSSR count). The number of ether oxygens (including phenoxy) is 2. The lowest BCUT2D eigenvalue weighted by Crippen LogP contribution is -2.58. The summed E-state index contributed by atoms with van der Waals surface area (Å²) in [5.74, 6) is 0.951. The maximum Gasteiger partial charge on any atom is 0.191 e. The molecular formula is C23H45N5O2. The van der Waals surface area contributed by atoms with Gasteiger partial charge >= 0.3 is 0 Å². The summed E-state index contributed by atoms with van der Waals surface area (Å²) in [6.45, 7) is 12.1. The zero-order valence-corrected chi connectivity index (χ0v) is 19.5. The molecule has 1 unspecified atom stereocenters. The average molecular weight is 424 g/mol. The molecule has 1 atom stereocenters. The first-order valence-corrected chi connectivity index (χ1v) is 12.4. The summed E-state index contributed by atoms with van der Waals surface area (Å²) in [6.07, 6.45) is 10.1. The zero-order valence-electron chi connectivity index (χ0n) is 19.5. The molecule has 3 saturated heterocycles. The molecule has 0 saturated carbocycles. The third kappa shape index (κ3) is 7.36. The van der Waals surface area contributed by atoms with Crippen molar-refractivity contribution in [3.8, 4) is 0 Å². The summed E-state index contributed by atoms with van der Waals surface area (Å²) in [6, 6.07) is 0. The van der Waals surface area contributed by atoms with E-state index in [9.17, 15) is 0 Å². The van der Waals surface area contributed by atoms with Gasteiger partial charge < -0.3 is 25.0 Å². The van der Waals surface area contributed by atoms with Crippen molar-refractivity contribution < 1.29 is 9.47 Å². The van der Waals surface area contributed by atoms with Gasteiger partial charge in [-0.2, -0.15) is 0 Å². The Morgan fingerprint density at radius 2 is 1.90 bits per heavy atom. The second kappa shape index (κ2) is 12.8. The molecule has 7 heteroatoms. The Labute approximate surface area is 183 Å². The molecule has 0 aromatic carbocycles. The number of hydrogen-bond acceptors (Lipinski definition) is 5. The highest BCUT2D eigenvalue weighted by Crippen LogP contribution is 2.31. The molecule has 2 N–H and O–H groups in total. The van der Waals surface area contributed by atoms with Crippen LogP contribution in [0.25, 0.3) is 0 Å². The molecule has 0 spiro atoms. The van der Waals surface area contributed by atoms with Gasteiger partial charge in [-0.15, -0.1) is 0 Å². The van der Waals surface area contributed by atoms with E-state index in [0.717, 1.165) is 58.3 Å². The van der Waals surface area contributed by atoms with Crippen LogP contribution < -0.4 is 10.6 Å². The number of nitrogens with zero attached hydrogens (tertiary/aromatic N) is 3. The number of guanidine groups is 1. The van der Waals surface area contributed by atoms with Crippen molar-refractivity contribution in [2.24, 2.45) is 4.99 Å². The van der Waals surface area contributed by atoms with Gasteiger partial charge in [-0.1, -0.05) is 6.42 Å². The van der Waals surface area contributed by atoms with Crippen LogP contribution in [0.3, 0.4) is 0 Å². The fraction of sp³-hybridized carbons (Fsp3) is 0.957. The molecule has 0 amide bonds. The van der Waals surface area contributed by atoms with Crippen LogP contribution in [-0.2, 0) is 9.47 Å². The minimum absolute atomic E-state index is 0.236. The van der Waals surface area contributed by atoms with Crippen molar-refractivity contribution in [1.29, 1.82) is 0 Å². The highest BCUT2D eigenvalue weighted by molar-refractivity contribution is 5.79. The normalized spacial score (nSPS) is 26.1. The fourth-order valence-corrected chi connectivity index (χ4v) is 4.92. The van der Waals surface area contributed by atoms with E-state index < -0.39 is 0 Å². The lowest BCUT2D eigenvalue weighted by molar-refractivity contribution is 0.0168. The van der Waals surface area contributed by atoms with Crippen LogP contribution in [0.1, 0.15) is 58.3 Å². The highest BCUT2D eigenvalue weighted by atomic mass is 16.5. The van der Waals surface area contributed by atoms with Gasteiger partial charge in [0.2, 0.25) is 0 Å². The van der Waals surface area contributed by atoms with Crippen molar-refractivity contribution in [3.05, 3.63) is 0 Å². The van der Waals surface area contributed by atoms with Crippen molar-refractivity contribution >= 4 is 5.96 Å². The highest BCUT2D eigenvalue weighted by Gasteiger charge is 2.39. The van der Waals surface area contributed by atoms with E-state index in [1.54, 1.807) is 0 Å². The maximum absolute atomic E-state index is 5.78. The number of piperidine rings is 2. The number of hydrogen-bond donors (Lipinski definition) is 2. The number of nitrogens with one attached hydrogen (secondary N) is 2. The molecule has 3 heterocycles. The molecular weight excluding hydrogens is 378 g/mol. The van der Waals surface area contributed by atoms with E-state index >= 15 is 0 Å². The van der Waals surface area contributed by atoms with E-state index in [-0.39, 0.29) is 5.54 Å². The molecule has 0 radical (unpaired) electrons. The molecule has 0 aromatic heterocycles.